The first kappa shape index (κ1) is 21.5. The molecule has 0 aliphatic carbocycles. The third kappa shape index (κ3) is 4.91. The second-order valence-corrected chi connectivity index (χ2v) is 8.29. The minimum Gasteiger partial charge on any atom is -0.508 e. The maximum absolute atomic E-state index is 12.2. The van der Waals surface area contributed by atoms with Crippen molar-refractivity contribution >= 4 is 39.2 Å². The van der Waals surface area contributed by atoms with Crippen molar-refractivity contribution < 1.29 is 33.0 Å². The van der Waals surface area contributed by atoms with E-state index in [0.29, 0.717) is 0 Å². The van der Waals surface area contributed by atoms with Gasteiger partial charge in [-0.2, -0.15) is 0 Å². The Hall–Kier alpha value is -2.82. The summed E-state index contributed by atoms with van der Waals surface area (Å²) in [7, 11) is -1.13. The molecule has 0 aliphatic rings. The van der Waals surface area contributed by atoms with E-state index in [0.717, 1.165) is 16.4 Å². The molecule has 0 heterocycles. The number of esters is 1. The van der Waals surface area contributed by atoms with Crippen LogP contribution in [0, 0.1) is 0 Å². The molecule has 0 aromatic heterocycles. The highest BCUT2D eigenvalue weighted by atomic mass is 35.5. The molecule has 0 fully saturated rings. The van der Waals surface area contributed by atoms with Crippen molar-refractivity contribution in [2.45, 2.75) is 4.90 Å². The van der Waals surface area contributed by atoms with Crippen molar-refractivity contribution in [3.05, 3.63) is 47.0 Å². The molecule has 2 aromatic carbocycles. The first-order valence-corrected chi connectivity index (χ1v) is 9.55. The van der Waals surface area contributed by atoms with Gasteiger partial charge in [0.2, 0.25) is 10.0 Å². The molecule has 0 spiro atoms. The number of benzene rings is 2. The predicted octanol–water partition coefficient (Wildman–Crippen LogP) is 1.80. The molecule has 0 bridgehead atoms. The van der Waals surface area contributed by atoms with Gasteiger partial charge in [0.1, 0.15) is 22.0 Å². The summed E-state index contributed by atoms with van der Waals surface area (Å²) < 4.78 is 30.2. The normalized spacial score (nSPS) is 11.3. The van der Waals surface area contributed by atoms with E-state index in [4.69, 9.17) is 16.3 Å². The molecule has 0 saturated carbocycles. The Morgan fingerprint density at radius 3 is 2.43 bits per heavy atom. The number of carbonyl (C=O) groups is 2. The van der Waals surface area contributed by atoms with Crippen molar-refractivity contribution in [2.75, 3.05) is 26.0 Å². The van der Waals surface area contributed by atoms with Crippen LogP contribution in [0.5, 0.6) is 11.5 Å². The molecule has 28 heavy (non-hydrogen) atoms. The number of halogens is 1. The number of anilines is 1. The van der Waals surface area contributed by atoms with Gasteiger partial charge in [-0.1, -0.05) is 11.6 Å². The van der Waals surface area contributed by atoms with Crippen LogP contribution in [0.4, 0.5) is 5.69 Å². The number of nitrogens with one attached hydrogen (secondary N) is 1. The molecular formula is C17H17ClN2O7S. The lowest BCUT2D eigenvalue weighted by Crippen LogP contribution is -2.23. The van der Waals surface area contributed by atoms with Crippen molar-refractivity contribution in [1.82, 2.24) is 4.31 Å². The van der Waals surface area contributed by atoms with Gasteiger partial charge in [0, 0.05) is 25.8 Å². The van der Waals surface area contributed by atoms with Crippen LogP contribution >= 0.6 is 11.6 Å². The fraction of sp³-hybridized carbons (Fsp3) is 0.176. The molecule has 0 saturated heterocycles. The van der Waals surface area contributed by atoms with Crippen molar-refractivity contribution in [3.8, 4) is 11.5 Å². The van der Waals surface area contributed by atoms with E-state index in [9.17, 15) is 28.2 Å². The van der Waals surface area contributed by atoms with Crippen LogP contribution in [-0.4, -0.2) is 55.5 Å². The number of phenolic OH excluding ortho intramolecular Hbond substituents is 2. The Morgan fingerprint density at radius 1 is 1.14 bits per heavy atom. The summed E-state index contributed by atoms with van der Waals surface area (Å²) in [5, 5.41) is 21.2. The van der Waals surface area contributed by atoms with Crippen molar-refractivity contribution in [1.29, 1.82) is 0 Å². The zero-order chi connectivity index (χ0) is 21.1. The average Bonchev–Trinajstić information content (AvgIpc) is 2.61. The lowest BCUT2D eigenvalue weighted by atomic mass is 10.2. The number of carbonyl (C=O) groups excluding carboxylic acids is 2. The summed E-state index contributed by atoms with van der Waals surface area (Å²) >= 11 is 5.93. The summed E-state index contributed by atoms with van der Waals surface area (Å²) in [5.74, 6) is -2.44. The molecule has 0 radical (unpaired) electrons. The van der Waals surface area contributed by atoms with Gasteiger partial charge >= 0.3 is 5.97 Å². The van der Waals surface area contributed by atoms with Crippen LogP contribution in [0.15, 0.2) is 41.3 Å². The third-order valence-corrected chi connectivity index (χ3v) is 5.81. The first-order chi connectivity index (χ1) is 13.0. The monoisotopic (exact) mass is 428 g/mol. The smallest absolute Gasteiger partial charge is 0.342 e. The van der Waals surface area contributed by atoms with E-state index in [1.807, 2.05) is 0 Å². The van der Waals surface area contributed by atoms with Gasteiger partial charge in [0.25, 0.3) is 5.91 Å². The second kappa shape index (κ2) is 8.46. The highest BCUT2D eigenvalue weighted by Gasteiger charge is 2.22. The molecule has 0 unspecified atom stereocenters. The van der Waals surface area contributed by atoms with Gasteiger partial charge < -0.3 is 20.3 Å². The highest BCUT2D eigenvalue weighted by molar-refractivity contribution is 7.89. The molecule has 2 aromatic rings. The summed E-state index contributed by atoms with van der Waals surface area (Å²) in [6.45, 7) is -0.683. The van der Waals surface area contributed by atoms with Crippen LogP contribution in [-0.2, 0) is 19.6 Å². The number of hydrogen-bond donors (Lipinski definition) is 3. The van der Waals surface area contributed by atoms with Gasteiger partial charge in [-0.05, 0) is 30.3 Å². The maximum Gasteiger partial charge on any atom is 0.342 e. The number of rotatable bonds is 6. The Bertz CT molecular complexity index is 1020. The molecule has 2 rings (SSSR count). The van der Waals surface area contributed by atoms with Crippen LogP contribution in [0.2, 0.25) is 5.02 Å². The zero-order valence-electron chi connectivity index (χ0n) is 14.8. The Kier molecular flexibility index (Phi) is 6.49. The minimum atomic E-state index is -3.82. The fourth-order valence-electron chi connectivity index (χ4n) is 2.07. The number of hydrogen-bond acceptors (Lipinski definition) is 7. The molecule has 3 N–H and O–H groups in total. The van der Waals surface area contributed by atoms with Crippen LogP contribution < -0.4 is 5.32 Å². The molecule has 9 nitrogen and oxygen atoms in total. The number of nitrogens with zero attached hydrogens (tertiary/aromatic N) is 1. The highest BCUT2D eigenvalue weighted by Crippen LogP contribution is 2.27. The van der Waals surface area contributed by atoms with Crippen LogP contribution in [0.25, 0.3) is 0 Å². The summed E-state index contributed by atoms with van der Waals surface area (Å²) in [5.41, 5.74) is -0.0881. The summed E-state index contributed by atoms with van der Waals surface area (Å²) in [6.07, 6.45) is 0. The Labute approximate surface area is 166 Å². The number of aromatic hydroxyl groups is 2. The minimum absolute atomic E-state index is 0.0130. The molecule has 0 atom stereocenters. The molecule has 1 amide bonds. The van der Waals surface area contributed by atoms with Gasteiger partial charge in [-0.3, -0.25) is 4.79 Å². The zero-order valence-corrected chi connectivity index (χ0v) is 16.4. The Balaban J connectivity index is 2.06. The van der Waals surface area contributed by atoms with Crippen LogP contribution in [0.3, 0.4) is 0 Å². The number of phenols is 2. The lowest BCUT2D eigenvalue weighted by molar-refractivity contribution is -0.119. The quantitative estimate of drug-likeness (QED) is 0.597. The average molecular weight is 429 g/mol. The fourth-order valence-corrected chi connectivity index (χ4v) is 3.47. The van der Waals surface area contributed by atoms with E-state index in [1.54, 1.807) is 0 Å². The third-order valence-electron chi connectivity index (χ3n) is 3.51. The van der Waals surface area contributed by atoms with Crippen molar-refractivity contribution in [3.63, 3.8) is 0 Å². The van der Waals surface area contributed by atoms with E-state index in [1.165, 1.54) is 38.4 Å². The number of amides is 1. The van der Waals surface area contributed by atoms with E-state index < -0.39 is 34.3 Å². The van der Waals surface area contributed by atoms with Gasteiger partial charge in [-0.15, -0.1) is 0 Å². The lowest BCUT2D eigenvalue weighted by Gasteiger charge is -2.14. The first-order valence-electron chi connectivity index (χ1n) is 7.73. The topological polar surface area (TPSA) is 133 Å². The van der Waals surface area contributed by atoms with E-state index in [-0.39, 0.29) is 26.9 Å². The molecule has 150 valence electrons. The molecular weight excluding hydrogens is 412 g/mol. The van der Waals surface area contributed by atoms with Crippen molar-refractivity contribution in [2.24, 2.45) is 0 Å². The summed E-state index contributed by atoms with van der Waals surface area (Å²) in [4.78, 5) is 23.7. The molecule has 0 aliphatic heterocycles. The SMILES string of the molecule is CN(C)S(=O)(=O)c1cc(NC(=O)COC(=O)c2ccc(O)cc2O)ccc1Cl. The maximum atomic E-state index is 12.2. The van der Waals surface area contributed by atoms with E-state index >= 15 is 0 Å². The van der Waals surface area contributed by atoms with E-state index in [2.05, 4.69) is 5.32 Å². The summed E-state index contributed by atoms with van der Waals surface area (Å²) in [6, 6.07) is 7.16. The number of sulfonamides is 1. The largest absolute Gasteiger partial charge is 0.508 e. The van der Waals surface area contributed by atoms with Gasteiger partial charge in [0.15, 0.2) is 6.61 Å². The van der Waals surface area contributed by atoms with Gasteiger partial charge in [0.05, 0.1) is 5.02 Å². The van der Waals surface area contributed by atoms with Crippen LogP contribution in [0.1, 0.15) is 10.4 Å². The standard InChI is InChI=1S/C17H17ClN2O7S/c1-20(2)28(25,26)15-7-10(3-6-13(15)18)19-16(23)9-27-17(24)12-5-4-11(21)8-14(12)22/h3-8,21-22H,9H2,1-2H3,(H,19,23). The second-order valence-electron chi connectivity index (χ2n) is 5.76. The van der Waals surface area contributed by atoms with Gasteiger partial charge in [-0.25, -0.2) is 17.5 Å². The molecule has 11 heteroatoms. The number of ether oxygens (including phenoxy) is 1. The predicted molar refractivity (Wildman–Crippen MR) is 101 cm³/mol. The Morgan fingerprint density at radius 2 is 1.82 bits per heavy atom.